The van der Waals surface area contributed by atoms with Crippen LogP contribution in [0, 0.1) is 0 Å². The van der Waals surface area contributed by atoms with E-state index >= 15 is 0 Å². The van der Waals surface area contributed by atoms with E-state index in [1.54, 1.807) is 6.07 Å². The van der Waals surface area contributed by atoms with Crippen molar-refractivity contribution in [2.24, 2.45) is 0 Å². The molecule has 0 fully saturated rings. The van der Waals surface area contributed by atoms with Gasteiger partial charge in [0.15, 0.2) is 11.5 Å². The summed E-state index contributed by atoms with van der Waals surface area (Å²) in [6.45, 7) is 3.46. The van der Waals surface area contributed by atoms with Gasteiger partial charge in [-0.3, -0.25) is 0 Å². The zero-order valence-electron chi connectivity index (χ0n) is 12.1. The highest BCUT2D eigenvalue weighted by Crippen LogP contribution is 2.33. The van der Waals surface area contributed by atoms with Gasteiger partial charge in [0.05, 0.1) is 18.9 Å². The lowest BCUT2D eigenvalue weighted by Gasteiger charge is -2.10. The highest BCUT2D eigenvalue weighted by Gasteiger charge is 2.13. The quantitative estimate of drug-likeness (QED) is 0.939. The van der Waals surface area contributed by atoms with Crippen LogP contribution in [0.15, 0.2) is 24.3 Å². The molecular formula is C16H19N3O2. The zero-order valence-corrected chi connectivity index (χ0v) is 12.1. The van der Waals surface area contributed by atoms with Gasteiger partial charge in [0.2, 0.25) is 0 Å². The summed E-state index contributed by atoms with van der Waals surface area (Å²) in [7, 11) is 0. The minimum Gasteiger partial charge on any atom is -0.490 e. The lowest BCUT2D eigenvalue weighted by Crippen LogP contribution is -2.01. The van der Waals surface area contributed by atoms with Crippen molar-refractivity contribution in [1.82, 2.24) is 9.97 Å². The van der Waals surface area contributed by atoms with Crippen molar-refractivity contribution >= 4 is 5.82 Å². The van der Waals surface area contributed by atoms with Gasteiger partial charge in [0.25, 0.3) is 0 Å². The molecular weight excluding hydrogens is 266 g/mol. The first kappa shape index (κ1) is 13.7. The number of fused-ring (bicyclic) bond motifs is 1. The third-order valence-electron chi connectivity index (χ3n) is 3.31. The molecule has 1 aromatic carbocycles. The van der Waals surface area contributed by atoms with E-state index in [1.165, 1.54) is 0 Å². The van der Waals surface area contributed by atoms with E-state index in [4.69, 9.17) is 15.2 Å². The van der Waals surface area contributed by atoms with Crippen LogP contribution in [0.2, 0.25) is 0 Å². The van der Waals surface area contributed by atoms with Crippen molar-refractivity contribution in [2.75, 3.05) is 18.9 Å². The molecule has 0 radical (unpaired) electrons. The fourth-order valence-corrected chi connectivity index (χ4v) is 2.32. The average Bonchev–Trinajstić information content (AvgIpc) is 2.71. The summed E-state index contributed by atoms with van der Waals surface area (Å²) in [4.78, 5) is 8.84. The number of benzene rings is 1. The van der Waals surface area contributed by atoms with Crippen molar-refractivity contribution in [3.8, 4) is 22.8 Å². The normalized spacial score (nSPS) is 13.8. The summed E-state index contributed by atoms with van der Waals surface area (Å²) in [5.74, 6) is 2.82. The Bertz CT molecular complexity index is 643. The summed E-state index contributed by atoms with van der Waals surface area (Å²) in [5, 5.41) is 0. The SMILES string of the molecule is CCCc1nc(N)cc(-c2ccc3c(c2)OCCCO3)n1. The van der Waals surface area contributed by atoms with Crippen LogP contribution in [0.5, 0.6) is 11.5 Å². The first-order chi connectivity index (χ1) is 10.3. The molecule has 1 aromatic heterocycles. The third kappa shape index (κ3) is 3.07. The van der Waals surface area contributed by atoms with Crippen LogP contribution in [-0.2, 0) is 6.42 Å². The standard InChI is InChI=1S/C16H19N3O2/c1-2-4-16-18-12(10-15(17)19-16)11-5-6-13-14(9-11)21-8-3-7-20-13/h5-6,9-10H,2-4,7-8H2,1H3,(H2,17,18,19). The van der Waals surface area contributed by atoms with Gasteiger partial charge in [0, 0.05) is 24.5 Å². The predicted octanol–water partition coefficient (Wildman–Crippen LogP) is 2.84. The first-order valence-corrected chi connectivity index (χ1v) is 7.29. The molecule has 2 N–H and O–H groups in total. The molecule has 5 heteroatoms. The van der Waals surface area contributed by atoms with Crippen LogP contribution < -0.4 is 15.2 Å². The molecule has 0 amide bonds. The number of aromatic nitrogens is 2. The molecule has 0 saturated carbocycles. The van der Waals surface area contributed by atoms with Gasteiger partial charge in [0.1, 0.15) is 11.6 Å². The lowest BCUT2D eigenvalue weighted by atomic mass is 10.1. The molecule has 0 saturated heterocycles. The van der Waals surface area contributed by atoms with Crippen molar-refractivity contribution in [2.45, 2.75) is 26.2 Å². The molecule has 0 atom stereocenters. The van der Waals surface area contributed by atoms with Gasteiger partial charge >= 0.3 is 0 Å². The monoisotopic (exact) mass is 285 g/mol. The second-order valence-corrected chi connectivity index (χ2v) is 5.06. The number of ether oxygens (including phenoxy) is 2. The second-order valence-electron chi connectivity index (χ2n) is 5.06. The van der Waals surface area contributed by atoms with Gasteiger partial charge in [-0.15, -0.1) is 0 Å². The van der Waals surface area contributed by atoms with Gasteiger partial charge < -0.3 is 15.2 Å². The predicted molar refractivity (Wildman–Crippen MR) is 81.5 cm³/mol. The number of rotatable bonds is 3. The minimum atomic E-state index is 0.496. The van der Waals surface area contributed by atoms with Crippen molar-refractivity contribution < 1.29 is 9.47 Å². The Hall–Kier alpha value is -2.30. The summed E-state index contributed by atoms with van der Waals surface area (Å²) in [6, 6.07) is 7.65. The number of aryl methyl sites for hydroxylation is 1. The van der Waals surface area contributed by atoms with Crippen LogP contribution in [-0.4, -0.2) is 23.2 Å². The number of hydrogen-bond acceptors (Lipinski definition) is 5. The molecule has 5 nitrogen and oxygen atoms in total. The second kappa shape index (κ2) is 5.99. The molecule has 21 heavy (non-hydrogen) atoms. The van der Waals surface area contributed by atoms with E-state index in [1.807, 2.05) is 18.2 Å². The Balaban J connectivity index is 1.98. The highest BCUT2D eigenvalue weighted by molar-refractivity contribution is 5.66. The van der Waals surface area contributed by atoms with E-state index in [0.29, 0.717) is 19.0 Å². The highest BCUT2D eigenvalue weighted by atomic mass is 16.5. The number of nitrogens with zero attached hydrogens (tertiary/aromatic N) is 2. The van der Waals surface area contributed by atoms with Crippen molar-refractivity contribution in [3.05, 3.63) is 30.1 Å². The van der Waals surface area contributed by atoms with Gasteiger partial charge in [-0.2, -0.15) is 0 Å². The Kier molecular flexibility index (Phi) is 3.90. The largest absolute Gasteiger partial charge is 0.490 e. The van der Waals surface area contributed by atoms with E-state index in [0.717, 1.165) is 47.8 Å². The van der Waals surface area contributed by atoms with Crippen LogP contribution in [0.3, 0.4) is 0 Å². The minimum absolute atomic E-state index is 0.496. The Morgan fingerprint density at radius 2 is 1.90 bits per heavy atom. The Morgan fingerprint density at radius 3 is 2.71 bits per heavy atom. The van der Waals surface area contributed by atoms with Crippen LogP contribution in [0.4, 0.5) is 5.82 Å². The number of nitrogen functional groups attached to an aromatic ring is 1. The number of hydrogen-bond donors (Lipinski definition) is 1. The summed E-state index contributed by atoms with van der Waals surface area (Å²) >= 11 is 0. The molecule has 110 valence electrons. The van der Waals surface area contributed by atoms with Crippen LogP contribution in [0.25, 0.3) is 11.3 Å². The van der Waals surface area contributed by atoms with E-state index < -0.39 is 0 Å². The Morgan fingerprint density at radius 1 is 1.10 bits per heavy atom. The first-order valence-electron chi connectivity index (χ1n) is 7.29. The molecule has 0 unspecified atom stereocenters. The lowest BCUT2D eigenvalue weighted by molar-refractivity contribution is 0.297. The molecule has 0 aliphatic carbocycles. The average molecular weight is 285 g/mol. The molecule has 2 heterocycles. The molecule has 0 bridgehead atoms. The fourth-order valence-electron chi connectivity index (χ4n) is 2.32. The molecule has 0 spiro atoms. The van der Waals surface area contributed by atoms with Gasteiger partial charge in [-0.25, -0.2) is 9.97 Å². The van der Waals surface area contributed by atoms with E-state index in [2.05, 4.69) is 16.9 Å². The van der Waals surface area contributed by atoms with E-state index in [9.17, 15) is 0 Å². The molecule has 1 aliphatic heterocycles. The molecule has 3 rings (SSSR count). The Labute approximate surface area is 124 Å². The third-order valence-corrected chi connectivity index (χ3v) is 3.31. The number of anilines is 1. The van der Waals surface area contributed by atoms with Gasteiger partial charge in [-0.05, 0) is 24.6 Å². The topological polar surface area (TPSA) is 70.3 Å². The maximum atomic E-state index is 5.88. The summed E-state index contributed by atoms with van der Waals surface area (Å²) < 4.78 is 11.4. The maximum absolute atomic E-state index is 5.88. The van der Waals surface area contributed by atoms with Crippen molar-refractivity contribution in [3.63, 3.8) is 0 Å². The summed E-state index contributed by atoms with van der Waals surface area (Å²) in [6.07, 6.45) is 2.71. The zero-order chi connectivity index (χ0) is 14.7. The summed E-state index contributed by atoms with van der Waals surface area (Å²) in [5.41, 5.74) is 7.67. The number of nitrogens with two attached hydrogens (primary N) is 1. The molecule has 2 aromatic rings. The van der Waals surface area contributed by atoms with Crippen LogP contribution >= 0.6 is 0 Å². The van der Waals surface area contributed by atoms with E-state index in [-0.39, 0.29) is 0 Å². The fraction of sp³-hybridized carbons (Fsp3) is 0.375. The maximum Gasteiger partial charge on any atom is 0.161 e. The van der Waals surface area contributed by atoms with Crippen LogP contribution in [0.1, 0.15) is 25.6 Å². The van der Waals surface area contributed by atoms with Gasteiger partial charge in [-0.1, -0.05) is 6.92 Å². The van der Waals surface area contributed by atoms with Crippen molar-refractivity contribution in [1.29, 1.82) is 0 Å². The smallest absolute Gasteiger partial charge is 0.161 e. The molecule has 1 aliphatic rings.